The molecule has 26 heavy (non-hydrogen) atoms. The number of fused-ring (bicyclic) bond motifs is 1. The van der Waals surface area contributed by atoms with Gasteiger partial charge < -0.3 is 15.0 Å². The number of ether oxygens (including phenoxy) is 1. The zero-order valence-corrected chi connectivity index (χ0v) is 14.8. The van der Waals surface area contributed by atoms with Gasteiger partial charge in [-0.3, -0.25) is 9.59 Å². The highest BCUT2D eigenvalue weighted by atomic mass is 16.5. The molecule has 134 valence electrons. The smallest absolute Gasteiger partial charge is 0.231 e. The number of likely N-dealkylation sites (tertiary alicyclic amines) is 1. The molecule has 0 aromatic heterocycles. The summed E-state index contributed by atoms with van der Waals surface area (Å²) in [6, 6.07) is 17.0. The number of nitrogens with zero attached hydrogens (tertiary/aromatic N) is 1. The number of piperidine rings is 1. The van der Waals surface area contributed by atoms with Crippen LogP contribution in [0.15, 0.2) is 54.6 Å². The average molecular weight is 350 g/mol. The number of anilines is 1. The second kappa shape index (κ2) is 6.48. The number of carbonyl (C=O) groups is 2. The number of para-hydroxylation sites is 3. The lowest BCUT2D eigenvalue weighted by Crippen LogP contribution is -2.41. The Kier molecular flexibility index (Phi) is 4.15. The third-order valence-electron chi connectivity index (χ3n) is 5.50. The van der Waals surface area contributed by atoms with Gasteiger partial charge in [-0.15, -0.1) is 0 Å². The van der Waals surface area contributed by atoms with Gasteiger partial charge in [-0.25, -0.2) is 0 Å². The van der Waals surface area contributed by atoms with E-state index in [0.29, 0.717) is 24.5 Å². The summed E-state index contributed by atoms with van der Waals surface area (Å²) < 4.78 is 5.93. The second-order valence-corrected chi connectivity index (χ2v) is 7.14. The monoisotopic (exact) mass is 350 g/mol. The summed E-state index contributed by atoms with van der Waals surface area (Å²) >= 11 is 0. The quantitative estimate of drug-likeness (QED) is 0.915. The Hall–Kier alpha value is -2.82. The molecule has 0 bridgehead atoms. The van der Waals surface area contributed by atoms with Crippen molar-refractivity contribution in [1.29, 1.82) is 0 Å². The van der Waals surface area contributed by atoms with Crippen LogP contribution in [0.25, 0.3) is 0 Å². The lowest BCUT2D eigenvalue weighted by atomic mass is 9.94. The minimum absolute atomic E-state index is 0.0369. The van der Waals surface area contributed by atoms with Crippen molar-refractivity contribution in [2.24, 2.45) is 11.3 Å². The first-order chi connectivity index (χ1) is 12.6. The first-order valence-corrected chi connectivity index (χ1v) is 8.97. The minimum Gasteiger partial charge on any atom is -0.455 e. The summed E-state index contributed by atoms with van der Waals surface area (Å²) in [5.74, 6) is 1.75. The third-order valence-corrected chi connectivity index (χ3v) is 5.50. The highest BCUT2D eigenvalue weighted by molar-refractivity contribution is 5.99. The Labute approximate surface area is 153 Å². The maximum Gasteiger partial charge on any atom is 0.231 e. The van der Waals surface area contributed by atoms with Gasteiger partial charge >= 0.3 is 0 Å². The molecule has 0 spiro atoms. The van der Waals surface area contributed by atoms with Gasteiger partial charge in [0.05, 0.1) is 11.1 Å². The van der Waals surface area contributed by atoms with Crippen molar-refractivity contribution in [1.82, 2.24) is 4.90 Å². The summed E-state index contributed by atoms with van der Waals surface area (Å²) in [7, 11) is 0. The molecule has 2 fully saturated rings. The fraction of sp³-hybridized carbons (Fsp3) is 0.333. The summed E-state index contributed by atoms with van der Waals surface area (Å²) in [4.78, 5) is 26.3. The van der Waals surface area contributed by atoms with E-state index >= 15 is 0 Å². The summed E-state index contributed by atoms with van der Waals surface area (Å²) in [5.41, 5.74) is 0.349. The topological polar surface area (TPSA) is 58.6 Å². The first kappa shape index (κ1) is 16.6. The number of hydrogen-bond donors (Lipinski definition) is 1. The Bertz CT molecular complexity index is 836. The van der Waals surface area contributed by atoms with Gasteiger partial charge in [0.1, 0.15) is 5.75 Å². The molecule has 0 radical (unpaired) electrons. The van der Waals surface area contributed by atoms with E-state index < -0.39 is 0 Å². The van der Waals surface area contributed by atoms with Crippen molar-refractivity contribution in [3.05, 3.63) is 54.6 Å². The van der Waals surface area contributed by atoms with E-state index in [1.807, 2.05) is 59.5 Å². The zero-order chi connectivity index (χ0) is 18.1. The standard InChI is InChI=1S/C21H22N2O3/c1-15(24)23-12-11-21(13-16(21)14-23)20(25)22-18-9-5-6-10-19(18)26-17-7-3-2-4-8-17/h2-10,16H,11-14H2,1H3,(H,22,25)/t16-,21+/m1/s1. The van der Waals surface area contributed by atoms with Gasteiger partial charge in [0.15, 0.2) is 5.75 Å². The van der Waals surface area contributed by atoms with Gasteiger partial charge in [0.2, 0.25) is 11.8 Å². The predicted molar refractivity (Wildman–Crippen MR) is 99.0 cm³/mol. The van der Waals surface area contributed by atoms with Crippen LogP contribution in [0.2, 0.25) is 0 Å². The van der Waals surface area contributed by atoms with E-state index in [9.17, 15) is 9.59 Å². The number of amides is 2. The molecule has 4 rings (SSSR count). The molecule has 1 aliphatic carbocycles. The van der Waals surface area contributed by atoms with Crippen LogP contribution < -0.4 is 10.1 Å². The molecule has 1 aliphatic heterocycles. The fourth-order valence-electron chi connectivity index (χ4n) is 3.82. The van der Waals surface area contributed by atoms with Crippen LogP contribution in [-0.2, 0) is 9.59 Å². The number of rotatable bonds is 4. The van der Waals surface area contributed by atoms with Gasteiger partial charge in [-0.2, -0.15) is 0 Å². The molecule has 5 nitrogen and oxygen atoms in total. The lowest BCUT2D eigenvalue weighted by molar-refractivity contribution is -0.132. The number of benzene rings is 2. The minimum atomic E-state index is -0.328. The molecular weight excluding hydrogens is 328 g/mol. The van der Waals surface area contributed by atoms with Crippen LogP contribution in [0.4, 0.5) is 5.69 Å². The SMILES string of the molecule is CC(=O)N1CC[C@]2(C(=O)Nc3ccccc3Oc3ccccc3)C[C@@H]2C1. The highest BCUT2D eigenvalue weighted by Crippen LogP contribution is 2.58. The first-order valence-electron chi connectivity index (χ1n) is 8.97. The van der Waals surface area contributed by atoms with Crippen molar-refractivity contribution in [2.75, 3.05) is 18.4 Å². The van der Waals surface area contributed by atoms with E-state index in [1.54, 1.807) is 6.92 Å². The molecule has 1 N–H and O–H groups in total. The summed E-state index contributed by atoms with van der Waals surface area (Å²) in [6.45, 7) is 2.93. The van der Waals surface area contributed by atoms with Gasteiger partial charge in [-0.05, 0) is 43.0 Å². The van der Waals surface area contributed by atoms with Gasteiger partial charge in [0.25, 0.3) is 0 Å². The predicted octanol–water partition coefficient (Wildman–Crippen LogP) is 3.68. The van der Waals surface area contributed by atoms with Crippen LogP contribution in [0, 0.1) is 11.3 Å². The number of hydrogen-bond acceptors (Lipinski definition) is 3. The maximum absolute atomic E-state index is 12.9. The molecule has 2 atom stereocenters. The Morgan fingerprint density at radius 1 is 1.12 bits per heavy atom. The molecule has 1 saturated carbocycles. The van der Waals surface area contributed by atoms with E-state index in [0.717, 1.165) is 18.6 Å². The molecule has 5 heteroatoms. The van der Waals surface area contributed by atoms with Crippen LogP contribution in [0.3, 0.4) is 0 Å². The van der Waals surface area contributed by atoms with Crippen molar-refractivity contribution >= 4 is 17.5 Å². The molecule has 2 amide bonds. The van der Waals surface area contributed by atoms with Crippen molar-refractivity contribution in [2.45, 2.75) is 19.8 Å². The molecule has 2 aliphatic rings. The maximum atomic E-state index is 12.9. The molecule has 1 saturated heterocycles. The van der Waals surface area contributed by atoms with Gasteiger partial charge in [-0.1, -0.05) is 30.3 Å². The summed E-state index contributed by atoms with van der Waals surface area (Å²) in [6.07, 6.45) is 1.58. The van der Waals surface area contributed by atoms with Crippen molar-refractivity contribution < 1.29 is 14.3 Å². The number of carbonyl (C=O) groups excluding carboxylic acids is 2. The average Bonchev–Trinajstić information content (AvgIpc) is 3.39. The van der Waals surface area contributed by atoms with E-state index in [4.69, 9.17) is 4.74 Å². The largest absolute Gasteiger partial charge is 0.455 e. The van der Waals surface area contributed by atoms with E-state index in [-0.39, 0.29) is 23.1 Å². The van der Waals surface area contributed by atoms with Crippen LogP contribution >= 0.6 is 0 Å². The Balaban J connectivity index is 1.47. The van der Waals surface area contributed by atoms with E-state index in [1.165, 1.54) is 0 Å². The molecule has 2 aromatic carbocycles. The lowest BCUT2D eigenvalue weighted by Gasteiger charge is -2.30. The Morgan fingerprint density at radius 2 is 1.85 bits per heavy atom. The molecular formula is C21H22N2O3. The molecule has 1 heterocycles. The second-order valence-electron chi connectivity index (χ2n) is 7.14. The number of nitrogens with one attached hydrogen (secondary N) is 1. The molecule has 0 unspecified atom stereocenters. The van der Waals surface area contributed by atoms with Crippen LogP contribution in [0.1, 0.15) is 19.8 Å². The Morgan fingerprint density at radius 3 is 2.58 bits per heavy atom. The fourth-order valence-corrected chi connectivity index (χ4v) is 3.82. The highest BCUT2D eigenvalue weighted by Gasteiger charge is 2.62. The van der Waals surface area contributed by atoms with Crippen LogP contribution in [0.5, 0.6) is 11.5 Å². The zero-order valence-electron chi connectivity index (χ0n) is 14.8. The van der Waals surface area contributed by atoms with E-state index in [2.05, 4.69) is 5.32 Å². The van der Waals surface area contributed by atoms with Gasteiger partial charge in [0, 0.05) is 20.0 Å². The van der Waals surface area contributed by atoms with Crippen molar-refractivity contribution in [3.8, 4) is 11.5 Å². The van der Waals surface area contributed by atoms with Crippen LogP contribution in [-0.4, -0.2) is 29.8 Å². The third kappa shape index (κ3) is 3.05. The molecule has 2 aromatic rings. The normalized spacial score (nSPS) is 23.7. The van der Waals surface area contributed by atoms with Crippen molar-refractivity contribution in [3.63, 3.8) is 0 Å². The summed E-state index contributed by atoms with van der Waals surface area (Å²) in [5, 5.41) is 3.06.